The molecule has 3 nitrogen and oxygen atoms in total. The summed E-state index contributed by atoms with van der Waals surface area (Å²) in [6.45, 7) is 8.75. The molecule has 2 aromatic carbocycles. The second-order valence-corrected chi connectivity index (χ2v) is 6.34. The van der Waals surface area contributed by atoms with E-state index in [1.807, 2.05) is 30.5 Å². The number of benzene rings is 2. The average Bonchev–Trinajstić information content (AvgIpc) is 2.61. The van der Waals surface area contributed by atoms with E-state index in [2.05, 4.69) is 62.2 Å². The maximum atomic E-state index is 5.30. The highest BCUT2D eigenvalue weighted by atomic mass is 16.5. The van der Waals surface area contributed by atoms with Gasteiger partial charge in [0.25, 0.3) is 0 Å². The Hall–Kier alpha value is -2.42. The molecule has 3 heteroatoms. The van der Waals surface area contributed by atoms with E-state index in [1.54, 1.807) is 7.11 Å². The predicted molar refractivity (Wildman–Crippen MR) is 100 cm³/mol. The van der Waals surface area contributed by atoms with Crippen molar-refractivity contribution in [2.24, 2.45) is 10.2 Å². The van der Waals surface area contributed by atoms with E-state index < -0.39 is 0 Å². The van der Waals surface area contributed by atoms with E-state index in [1.165, 1.54) is 16.7 Å². The minimum Gasteiger partial charge on any atom is -0.494 e. The lowest BCUT2D eigenvalue weighted by molar-refractivity contribution is 0.416. The molecule has 0 unspecified atom stereocenters. The number of hydrogen-bond acceptors (Lipinski definition) is 3. The SMILES string of the molecule is CCc1ccccc1C(C)(C)/C(C)=C\N=Nc1ccccc1OC. The summed E-state index contributed by atoms with van der Waals surface area (Å²) in [5, 5.41) is 8.57. The highest BCUT2D eigenvalue weighted by Crippen LogP contribution is 2.34. The largest absolute Gasteiger partial charge is 0.494 e. The number of nitrogens with zero attached hydrogens (tertiary/aromatic N) is 2. The van der Waals surface area contributed by atoms with Crippen molar-refractivity contribution in [3.05, 3.63) is 71.4 Å². The number of aryl methyl sites for hydroxylation is 1. The fourth-order valence-corrected chi connectivity index (χ4v) is 2.70. The normalized spacial score (nSPS) is 12.6. The molecule has 0 aliphatic rings. The van der Waals surface area contributed by atoms with E-state index >= 15 is 0 Å². The summed E-state index contributed by atoms with van der Waals surface area (Å²) in [7, 11) is 1.64. The first-order valence-corrected chi connectivity index (χ1v) is 8.30. The first-order valence-electron chi connectivity index (χ1n) is 8.30. The van der Waals surface area contributed by atoms with Gasteiger partial charge in [-0.15, -0.1) is 5.11 Å². The minimum absolute atomic E-state index is 0.0909. The van der Waals surface area contributed by atoms with Gasteiger partial charge in [0.2, 0.25) is 0 Å². The minimum atomic E-state index is -0.0909. The van der Waals surface area contributed by atoms with Gasteiger partial charge in [-0.25, -0.2) is 0 Å². The van der Waals surface area contributed by atoms with Crippen LogP contribution in [0.4, 0.5) is 5.69 Å². The first kappa shape index (κ1) is 17.9. The van der Waals surface area contributed by atoms with Gasteiger partial charge in [0.15, 0.2) is 0 Å². The van der Waals surface area contributed by atoms with Gasteiger partial charge in [-0.1, -0.05) is 57.2 Å². The van der Waals surface area contributed by atoms with E-state index in [9.17, 15) is 0 Å². The molecule has 2 rings (SSSR count). The Morgan fingerprint density at radius 1 is 1.08 bits per heavy atom. The van der Waals surface area contributed by atoms with Gasteiger partial charge in [0.05, 0.1) is 7.11 Å². The lowest BCUT2D eigenvalue weighted by Gasteiger charge is -2.28. The lowest BCUT2D eigenvalue weighted by Crippen LogP contribution is -2.20. The van der Waals surface area contributed by atoms with Gasteiger partial charge in [-0.2, -0.15) is 5.11 Å². The summed E-state index contributed by atoms with van der Waals surface area (Å²) in [4.78, 5) is 0. The Balaban J connectivity index is 2.27. The zero-order chi connectivity index (χ0) is 17.6. The highest BCUT2D eigenvalue weighted by molar-refractivity contribution is 5.50. The van der Waals surface area contributed by atoms with Gasteiger partial charge in [-0.05, 0) is 42.2 Å². The van der Waals surface area contributed by atoms with Crippen LogP contribution in [0.3, 0.4) is 0 Å². The van der Waals surface area contributed by atoms with Gasteiger partial charge in [0.1, 0.15) is 11.4 Å². The van der Waals surface area contributed by atoms with Crippen LogP contribution >= 0.6 is 0 Å². The molecule has 0 aliphatic heterocycles. The Morgan fingerprint density at radius 2 is 1.75 bits per heavy atom. The van der Waals surface area contributed by atoms with Crippen LogP contribution in [0.5, 0.6) is 5.75 Å². The fourth-order valence-electron chi connectivity index (χ4n) is 2.70. The van der Waals surface area contributed by atoms with Crippen LogP contribution in [0.25, 0.3) is 0 Å². The van der Waals surface area contributed by atoms with Crippen molar-refractivity contribution in [1.29, 1.82) is 0 Å². The third kappa shape index (κ3) is 3.91. The van der Waals surface area contributed by atoms with Gasteiger partial charge in [0, 0.05) is 11.6 Å². The smallest absolute Gasteiger partial charge is 0.146 e. The molecule has 0 spiro atoms. The maximum absolute atomic E-state index is 5.30. The molecule has 0 radical (unpaired) electrons. The standard InChI is InChI=1S/C21H26N2O/c1-6-17-11-7-8-12-18(17)21(3,4)16(2)15-22-23-19-13-9-10-14-20(19)24-5/h7-15H,6H2,1-5H3/b16-15-,23-22?. The molecule has 2 aromatic rings. The molecule has 0 heterocycles. The summed E-state index contributed by atoms with van der Waals surface area (Å²) < 4.78 is 5.30. The van der Waals surface area contributed by atoms with Crippen molar-refractivity contribution >= 4 is 5.69 Å². The zero-order valence-corrected chi connectivity index (χ0v) is 15.2. The van der Waals surface area contributed by atoms with Crippen molar-refractivity contribution < 1.29 is 4.74 Å². The molecular formula is C21H26N2O. The van der Waals surface area contributed by atoms with Crippen molar-refractivity contribution in [3.8, 4) is 5.75 Å². The lowest BCUT2D eigenvalue weighted by atomic mass is 9.76. The summed E-state index contributed by atoms with van der Waals surface area (Å²) in [5.41, 5.74) is 4.52. The molecule has 0 saturated heterocycles. The van der Waals surface area contributed by atoms with Crippen molar-refractivity contribution in [2.45, 2.75) is 39.5 Å². The third-order valence-corrected chi connectivity index (χ3v) is 4.56. The Bertz CT molecular complexity index is 745. The molecule has 0 aromatic heterocycles. The molecule has 0 saturated carbocycles. The molecule has 126 valence electrons. The molecule has 24 heavy (non-hydrogen) atoms. The fraction of sp³-hybridized carbons (Fsp3) is 0.333. The number of allylic oxidation sites excluding steroid dienone is 1. The number of azo groups is 1. The summed E-state index contributed by atoms with van der Waals surface area (Å²) in [6, 6.07) is 16.2. The van der Waals surface area contributed by atoms with Crippen LogP contribution in [0.15, 0.2) is 70.5 Å². The van der Waals surface area contributed by atoms with Crippen LogP contribution < -0.4 is 4.74 Å². The predicted octanol–water partition coefficient (Wildman–Crippen LogP) is 6.22. The van der Waals surface area contributed by atoms with Crippen molar-refractivity contribution in [3.63, 3.8) is 0 Å². The first-order chi connectivity index (χ1) is 11.5. The monoisotopic (exact) mass is 322 g/mol. The number of para-hydroxylation sites is 1. The Kier molecular flexibility index (Phi) is 5.91. The van der Waals surface area contributed by atoms with E-state index in [4.69, 9.17) is 4.74 Å². The molecule has 0 aliphatic carbocycles. The van der Waals surface area contributed by atoms with Crippen LogP contribution in [-0.2, 0) is 11.8 Å². The van der Waals surface area contributed by atoms with Crippen molar-refractivity contribution in [2.75, 3.05) is 7.11 Å². The molecule has 0 atom stereocenters. The summed E-state index contributed by atoms with van der Waals surface area (Å²) >= 11 is 0. The van der Waals surface area contributed by atoms with E-state index in [0.717, 1.165) is 17.9 Å². The second-order valence-electron chi connectivity index (χ2n) is 6.34. The van der Waals surface area contributed by atoms with Crippen LogP contribution in [-0.4, -0.2) is 7.11 Å². The highest BCUT2D eigenvalue weighted by Gasteiger charge is 2.24. The third-order valence-electron chi connectivity index (χ3n) is 4.56. The number of rotatable bonds is 6. The number of hydrogen-bond donors (Lipinski definition) is 0. The average molecular weight is 322 g/mol. The summed E-state index contributed by atoms with van der Waals surface area (Å²) in [6.07, 6.45) is 2.87. The maximum Gasteiger partial charge on any atom is 0.146 e. The molecule has 0 amide bonds. The van der Waals surface area contributed by atoms with E-state index in [0.29, 0.717) is 0 Å². The van der Waals surface area contributed by atoms with Gasteiger partial charge < -0.3 is 4.74 Å². The number of ether oxygens (including phenoxy) is 1. The van der Waals surface area contributed by atoms with Crippen molar-refractivity contribution in [1.82, 2.24) is 0 Å². The molecular weight excluding hydrogens is 296 g/mol. The van der Waals surface area contributed by atoms with Crippen LogP contribution in [0, 0.1) is 0 Å². The zero-order valence-electron chi connectivity index (χ0n) is 15.2. The molecule has 0 fully saturated rings. The Morgan fingerprint density at radius 3 is 2.46 bits per heavy atom. The quantitative estimate of drug-likeness (QED) is 0.581. The molecule has 0 bridgehead atoms. The molecule has 0 N–H and O–H groups in total. The summed E-state index contributed by atoms with van der Waals surface area (Å²) in [5.74, 6) is 0.725. The topological polar surface area (TPSA) is 34.0 Å². The van der Waals surface area contributed by atoms with E-state index in [-0.39, 0.29) is 5.41 Å². The Labute approximate surface area is 145 Å². The van der Waals surface area contributed by atoms with Crippen LogP contribution in [0.1, 0.15) is 38.8 Å². The van der Waals surface area contributed by atoms with Gasteiger partial charge >= 0.3 is 0 Å². The van der Waals surface area contributed by atoms with Gasteiger partial charge in [-0.3, -0.25) is 0 Å². The number of methoxy groups -OCH3 is 1. The van der Waals surface area contributed by atoms with Crippen LogP contribution in [0.2, 0.25) is 0 Å². The second kappa shape index (κ2) is 7.91.